The Morgan fingerprint density at radius 1 is 1.32 bits per heavy atom. The number of anilines is 1. The standard InChI is InChI=1S/C19H21FN4O2S2/c1-12(13-3-4-19-18(7-13)22-11-27-19)24-6-5-17-15(16(20)10-24)8-14(9-21-17)23-28(2,25)26/h3-4,7-9,11-12,16,23H,5-6,10H2,1-2H3. The molecule has 0 radical (unpaired) electrons. The molecule has 0 spiro atoms. The summed E-state index contributed by atoms with van der Waals surface area (Å²) < 4.78 is 41.5. The molecule has 1 aliphatic heterocycles. The molecule has 0 aliphatic carbocycles. The number of pyridine rings is 1. The van der Waals surface area contributed by atoms with Crippen molar-refractivity contribution in [3.63, 3.8) is 0 Å². The van der Waals surface area contributed by atoms with Gasteiger partial charge in [0.25, 0.3) is 0 Å². The fourth-order valence-electron chi connectivity index (χ4n) is 3.60. The minimum Gasteiger partial charge on any atom is -0.293 e. The van der Waals surface area contributed by atoms with Crippen molar-refractivity contribution in [1.82, 2.24) is 14.9 Å². The molecule has 0 amide bonds. The van der Waals surface area contributed by atoms with E-state index in [0.717, 1.165) is 22.0 Å². The van der Waals surface area contributed by atoms with Gasteiger partial charge < -0.3 is 0 Å². The Balaban J connectivity index is 1.57. The number of halogens is 1. The van der Waals surface area contributed by atoms with E-state index in [1.807, 2.05) is 5.51 Å². The molecular formula is C19H21FN4O2S2. The SMILES string of the molecule is CC(c1ccc2scnc2c1)N1CCc2ncc(NS(C)(=O)=O)cc2C(F)C1. The summed E-state index contributed by atoms with van der Waals surface area (Å²) >= 11 is 1.60. The zero-order chi connectivity index (χ0) is 19.9. The quantitative estimate of drug-likeness (QED) is 0.697. The summed E-state index contributed by atoms with van der Waals surface area (Å²) in [7, 11) is -3.43. The molecule has 4 rings (SSSR count). The third-order valence-corrected chi connectivity index (χ3v) is 6.48. The number of benzene rings is 1. The van der Waals surface area contributed by atoms with Crippen LogP contribution in [0.15, 0.2) is 36.0 Å². The van der Waals surface area contributed by atoms with E-state index in [4.69, 9.17) is 0 Å². The molecule has 28 heavy (non-hydrogen) atoms. The maximum absolute atomic E-state index is 15.1. The van der Waals surface area contributed by atoms with Crippen molar-refractivity contribution in [2.75, 3.05) is 24.1 Å². The lowest BCUT2D eigenvalue weighted by atomic mass is 10.1. The van der Waals surface area contributed by atoms with Gasteiger partial charge in [0, 0.05) is 36.8 Å². The molecule has 9 heteroatoms. The van der Waals surface area contributed by atoms with Crippen LogP contribution in [0.3, 0.4) is 0 Å². The summed E-state index contributed by atoms with van der Waals surface area (Å²) in [4.78, 5) is 10.8. The highest BCUT2D eigenvalue weighted by Crippen LogP contribution is 2.33. The third kappa shape index (κ3) is 4.01. The molecule has 1 aromatic carbocycles. The predicted molar refractivity (Wildman–Crippen MR) is 110 cm³/mol. The number of fused-ring (bicyclic) bond motifs is 2. The lowest BCUT2D eigenvalue weighted by molar-refractivity contribution is 0.161. The number of thiazole rings is 1. The van der Waals surface area contributed by atoms with Crippen molar-refractivity contribution in [3.8, 4) is 0 Å². The number of hydrogen-bond acceptors (Lipinski definition) is 6. The second kappa shape index (κ2) is 7.38. The number of hydrogen-bond donors (Lipinski definition) is 1. The summed E-state index contributed by atoms with van der Waals surface area (Å²) in [6.45, 7) is 2.98. The minimum absolute atomic E-state index is 0.0345. The topological polar surface area (TPSA) is 75.2 Å². The van der Waals surface area contributed by atoms with Gasteiger partial charge in [0.15, 0.2) is 0 Å². The molecule has 1 N–H and O–H groups in total. The van der Waals surface area contributed by atoms with Crippen molar-refractivity contribution >= 4 is 37.3 Å². The highest BCUT2D eigenvalue weighted by molar-refractivity contribution is 7.92. The molecular weight excluding hydrogens is 399 g/mol. The van der Waals surface area contributed by atoms with Crippen molar-refractivity contribution in [3.05, 3.63) is 52.8 Å². The van der Waals surface area contributed by atoms with Gasteiger partial charge in [-0.2, -0.15) is 0 Å². The first-order valence-electron chi connectivity index (χ1n) is 8.98. The summed E-state index contributed by atoms with van der Waals surface area (Å²) in [6, 6.07) is 7.79. The van der Waals surface area contributed by atoms with Gasteiger partial charge >= 0.3 is 0 Å². The van der Waals surface area contributed by atoms with Crippen LogP contribution < -0.4 is 4.72 Å². The zero-order valence-corrected chi connectivity index (χ0v) is 17.2. The maximum Gasteiger partial charge on any atom is 0.229 e. The average Bonchev–Trinajstić information content (AvgIpc) is 3.04. The van der Waals surface area contributed by atoms with E-state index in [1.165, 1.54) is 6.20 Å². The first kappa shape index (κ1) is 19.2. The predicted octanol–water partition coefficient (Wildman–Crippen LogP) is 3.69. The number of nitrogens with zero attached hydrogens (tertiary/aromatic N) is 3. The van der Waals surface area contributed by atoms with E-state index < -0.39 is 16.2 Å². The number of alkyl halides is 1. The van der Waals surface area contributed by atoms with E-state index in [9.17, 15) is 8.42 Å². The van der Waals surface area contributed by atoms with Gasteiger partial charge in [-0.05, 0) is 30.7 Å². The Bertz CT molecular complexity index is 1120. The second-order valence-electron chi connectivity index (χ2n) is 7.10. The highest BCUT2D eigenvalue weighted by atomic mass is 32.2. The van der Waals surface area contributed by atoms with Crippen LogP contribution in [0.5, 0.6) is 0 Å². The van der Waals surface area contributed by atoms with Crippen LogP contribution in [-0.4, -0.2) is 42.6 Å². The first-order chi connectivity index (χ1) is 13.3. The van der Waals surface area contributed by atoms with Gasteiger partial charge in [0.2, 0.25) is 10.0 Å². The van der Waals surface area contributed by atoms with Crippen LogP contribution in [0.4, 0.5) is 10.1 Å². The molecule has 3 heterocycles. The van der Waals surface area contributed by atoms with Crippen molar-refractivity contribution < 1.29 is 12.8 Å². The second-order valence-corrected chi connectivity index (χ2v) is 9.74. The van der Waals surface area contributed by atoms with Gasteiger partial charge in [0.05, 0.1) is 33.9 Å². The van der Waals surface area contributed by atoms with Crippen molar-refractivity contribution in [1.29, 1.82) is 0 Å². The summed E-state index contributed by atoms with van der Waals surface area (Å²) in [5.74, 6) is 0. The van der Waals surface area contributed by atoms with Gasteiger partial charge in [-0.3, -0.25) is 14.6 Å². The van der Waals surface area contributed by atoms with Crippen LogP contribution in [0, 0.1) is 0 Å². The van der Waals surface area contributed by atoms with E-state index in [2.05, 4.69) is 44.7 Å². The number of rotatable bonds is 4. The first-order valence-corrected chi connectivity index (χ1v) is 11.7. The molecule has 0 bridgehead atoms. The molecule has 6 nitrogen and oxygen atoms in total. The average molecular weight is 421 g/mol. The lowest BCUT2D eigenvalue weighted by Gasteiger charge is -2.28. The molecule has 2 aromatic heterocycles. The normalized spacial score (nSPS) is 19.2. The monoisotopic (exact) mass is 420 g/mol. The zero-order valence-electron chi connectivity index (χ0n) is 15.6. The van der Waals surface area contributed by atoms with Gasteiger partial charge in [-0.15, -0.1) is 11.3 Å². The molecule has 0 saturated heterocycles. The summed E-state index contributed by atoms with van der Waals surface area (Å²) in [5.41, 5.74) is 5.31. The molecule has 148 valence electrons. The Kier molecular flexibility index (Phi) is 5.07. The molecule has 2 unspecified atom stereocenters. The van der Waals surface area contributed by atoms with E-state index in [0.29, 0.717) is 29.9 Å². The Hall–Kier alpha value is -2.10. The third-order valence-electron chi connectivity index (χ3n) is 5.06. The van der Waals surface area contributed by atoms with Crippen LogP contribution in [0.25, 0.3) is 10.2 Å². The molecule has 0 fully saturated rings. The Labute approximate surface area is 167 Å². The number of sulfonamides is 1. The Morgan fingerprint density at radius 3 is 2.93 bits per heavy atom. The number of nitrogens with one attached hydrogen (secondary N) is 1. The van der Waals surface area contributed by atoms with Crippen LogP contribution in [-0.2, 0) is 16.4 Å². The van der Waals surface area contributed by atoms with E-state index in [-0.39, 0.29) is 12.6 Å². The smallest absolute Gasteiger partial charge is 0.229 e. The van der Waals surface area contributed by atoms with Crippen LogP contribution in [0.2, 0.25) is 0 Å². The highest BCUT2D eigenvalue weighted by Gasteiger charge is 2.27. The lowest BCUT2D eigenvalue weighted by Crippen LogP contribution is -2.30. The molecule has 3 aromatic rings. The van der Waals surface area contributed by atoms with Crippen LogP contribution >= 0.6 is 11.3 Å². The molecule has 2 atom stereocenters. The van der Waals surface area contributed by atoms with Crippen molar-refractivity contribution in [2.45, 2.75) is 25.6 Å². The Morgan fingerprint density at radius 2 is 2.14 bits per heavy atom. The minimum atomic E-state index is -3.43. The molecule has 1 aliphatic rings. The fourth-order valence-corrected chi connectivity index (χ4v) is 4.80. The van der Waals surface area contributed by atoms with E-state index in [1.54, 1.807) is 17.4 Å². The largest absolute Gasteiger partial charge is 0.293 e. The van der Waals surface area contributed by atoms with Crippen molar-refractivity contribution in [2.24, 2.45) is 0 Å². The summed E-state index contributed by atoms with van der Waals surface area (Å²) in [6.07, 6.45) is 1.88. The fraction of sp³-hybridized carbons (Fsp3) is 0.368. The van der Waals surface area contributed by atoms with Gasteiger partial charge in [-0.1, -0.05) is 6.07 Å². The van der Waals surface area contributed by atoms with Crippen LogP contribution in [0.1, 0.15) is 36.0 Å². The molecule has 0 saturated carbocycles. The van der Waals surface area contributed by atoms with E-state index >= 15 is 4.39 Å². The van der Waals surface area contributed by atoms with Gasteiger partial charge in [-0.25, -0.2) is 17.8 Å². The van der Waals surface area contributed by atoms with Gasteiger partial charge in [0.1, 0.15) is 6.17 Å². The number of aromatic nitrogens is 2. The maximum atomic E-state index is 15.1. The summed E-state index contributed by atoms with van der Waals surface area (Å²) in [5, 5.41) is 0.